The van der Waals surface area contributed by atoms with Crippen molar-refractivity contribution in [3.8, 4) is 11.5 Å². The van der Waals surface area contributed by atoms with E-state index in [1.165, 1.54) is 33.3 Å². The van der Waals surface area contributed by atoms with Crippen molar-refractivity contribution in [1.29, 1.82) is 0 Å². The van der Waals surface area contributed by atoms with E-state index in [2.05, 4.69) is 57.4 Å². The van der Waals surface area contributed by atoms with Gasteiger partial charge < -0.3 is 19.8 Å². The third kappa shape index (κ3) is 2.89. The maximum atomic E-state index is 5.53. The Bertz CT molecular complexity index is 964. The monoisotopic (exact) mass is 414 g/mol. The Hall–Kier alpha value is -1.98. The first-order valence-corrected chi connectivity index (χ1v) is 9.65. The second-order valence-electron chi connectivity index (χ2n) is 6.80. The van der Waals surface area contributed by atoms with Gasteiger partial charge in [-0.05, 0) is 71.6 Å². The molecule has 0 fully saturated rings. The SMILES string of the molecule is COc1ccc(CC2NCCc3c2[nH]c2ccc(C)cc32)c(Br)c1OC. The molecule has 2 aromatic carbocycles. The van der Waals surface area contributed by atoms with E-state index in [0.717, 1.165) is 35.4 Å². The van der Waals surface area contributed by atoms with E-state index >= 15 is 0 Å². The van der Waals surface area contributed by atoms with Crippen molar-refractivity contribution >= 4 is 26.8 Å². The molecule has 0 aliphatic carbocycles. The molecule has 3 aromatic rings. The molecule has 0 radical (unpaired) electrons. The molecule has 1 aromatic heterocycles. The Morgan fingerprint density at radius 2 is 2.00 bits per heavy atom. The zero-order valence-electron chi connectivity index (χ0n) is 15.3. The predicted octanol–water partition coefficient (Wildman–Crippen LogP) is 4.69. The quantitative estimate of drug-likeness (QED) is 0.650. The second kappa shape index (κ2) is 6.97. The van der Waals surface area contributed by atoms with Gasteiger partial charge in [-0.15, -0.1) is 0 Å². The topological polar surface area (TPSA) is 46.3 Å². The smallest absolute Gasteiger partial charge is 0.175 e. The number of fused-ring (bicyclic) bond motifs is 3. The van der Waals surface area contributed by atoms with Crippen molar-refractivity contribution in [2.24, 2.45) is 0 Å². The van der Waals surface area contributed by atoms with Gasteiger partial charge in [0.25, 0.3) is 0 Å². The summed E-state index contributed by atoms with van der Waals surface area (Å²) in [5.41, 5.74) is 6.48. The molecule has 5 heteroatoms. The van der Waals surface area contributed by atoms with E-state index in [9.17, 15) is 0 Å². The lowest BCUT2D eigenvalue weighted by atomic mass is 9.94. The van der Waals surface area contributed by atoms with E-state index < -0.39 is 0 Å². The molecule has 26 heavy (non-hydrogen) atoms. The van der Waals surface area contributed by atoms with Gasteiger partial charge in [-0.25, -0.2) is 0 Å². The summed E-state index contributed by atoms with van der Waals surface area (Å²) >= 11 is 3.70. The maximum absolute atomic E-state index is 5.53. The summed E-state index contributed by atoms with van der Waals surface area (Å²) in [4.78, 5) is 3.65. The molecule has 136 valence electrons. The molecule has 0 amide bonds. The summed E-state index contributed by atoms with van der Waals surface area (Å²) in [6, 6.07) is 11.0. The molecule has 4 rings (SSSR count). The Morgan fingerprint density at radius 3 is 2.77 bits per heavy atom. The van der Waals surface area contributed by atoms with E-state index in [4.69, 9.17) is 9.47 Å². The van der Waals surface area contributed by atoms with Gasteiger partial charge in [0.15, 0.2) is 11.5 Å². The number of H-pyrrole nitrogens is 1. The fraction of sp³-hybridized carbons (Fsp3) is 0.333. The first-order valence-electron chi connectivity index (χ1n) is 8.86. The van der Waals surface area contributed by atoms with Crippen LogP contribution >= 0.6 is 15.9 Å². The maximum Gasteiger partial charge on any atom is 0.175 e. The van der Waals surface area contributed by atoms with Crippen LogP contribution < -0.4 is 14.8 Å². The number of rotatable bonds is 4. The normalized spacial score (nSPS) is 16.5. The van der Waals surface area contributed by atoms with Crippen LogP contribution in [0, 0.1) is 6.92 Å². The van der Waals surface area contributed by atoms with Crippen molar-refractivity contribution in [3.63, 3.8) is 0 Å². The molecule has 0 saturated carbocycles. The van der Waals surface area contributed by atoms with Crippen LogP contribution in [0.5, 0.6) is 11.5 Å². The van der Waals surface area contributed by atoms with Crippen molar-refractivity contribution in [1.82, 2.24) is 10.3 Å². The number of aromatic nitrogens is 1. The summed E-state index contributed by atoms with van der Waals surface area (Å²) in [7, 11) is 3.33. The third-order valence-electron chi connectivity index (χ3n) is 5.20. The summed E-state index contributed by atoms with van der Waals surface area (Å²) < 4.78 is 11.9. The molecule has 2 heterocycles. The van der Waals surface area contributed by atoms with Gasteiger partial charge in [-0.3, -0.25) is 0 Å². The number of aromatic amines is 1. The highest BCUT2D eigenvalue weighted by molar-refractivity contribution is 9.10. The molecule has 2 N–H and O–H groups in total. The highest BCUT2D eigenvalue weighted by Crippen LogP contribution is 2.40. The molecule has 0 spiro atoms. The summed E-state index contributed by atoms with van der Waals surface area (Å²) in [5, 5.41) is 5.03. The number of ether oxygens (including phenoxy) is 2. The molecule has 0 saturated heterocycles. The number of methoxy groups -OCH3 is 2. The fourth-order valence-electron chi connectivity index (χ4n) is 3.90. The van der Waals surface area contributed by atoms with Gasteiger partial charge in [-0.2, -0.15) is 0 Å². The molecule has 1 unspecified atom stereocenters. The first kappa shape index (κ1) is 17.4. The van der Waals surface area contributed by atoms with Gasteiger partial charge >= 0.3 is 0 Å². The molecule has 0 bridgehead atoms. The molecular formula is C21H23BrN2O2. The van der Waals surface area contributed by atoms with Crippen molar-refractivity contribution in [2.45, 2.75) is 25.8 Å². The second-order valence-corrected chi connectivity index (χ2v) is 7.59. The van der Waals surface area contributed by atoms with Crippen LogP contribution in [-0.2, 0) is 12.8 Å². The van der Waals surface area contributed by atoms with Gasteiger partial charge in [0.2, 0.25) is 0 Å². The third-order valence-corrected chi connectivity index (χ3v) is 6.07. The Morgan fingerprint density at radius 1 is 1.15 bits per heavy atom. The summed E-state index contributed by atoms with van der Waals surface area (Å²) in [6.45, 7) is 3.14. The Balaban J connectivity index is 1.72. The standard InChI is InChI=1S/C21H23BrN2O2/c1-12-4-6-16-15(10-12)14-8-9-23-17(20(14)24-16)11-13-5-7-18(25-2)21(26-3)19(13)22/h4-7,10,17,23-24H,8-9,11H2,1-3H3. The van der Waals surface area contributed by atoms with Crippen LogP contribution in [0.2, 0.25) is 0 Å². The number of benzene rings is 2. The van der Waals surface area contributed by atoms with Crippen LogP contribution in [0.3, 0.4) is 0 Å². The number of aryl methyl sites for hydroxylation is 1. The Kier molecular flexibility index (Phi) is 4.67. The summed E-state index contributed by atoms with van der Waals surface area (Å²) in [6.07, 6.45) is 1.93. The minimum Gasteiger partial charge on any atom is -0.493 e. The van der Waals surface area contributed by atoms with Crippen LogP contribution in [0.15, 0.2) is 34.8 Å². The molecule has 4 nitrogen and oxygen atoms in total. The van der Waals surface area contributed by atoms with Crippen molar-refractivity contribution in [2.75, 3.05) is 20.8 Å². The van der Waals surface area contributed by atoms with E-state index in [-0.39, 0.29) is 6.04 Å². The van der Waals surface area contributed by atoms with E-state index in [0.29, 0.717) is 0 Å². The lowest BCUT2D eigenvalue weighted by Crippen LogP contribution is -2.31. The molecular weight excluding hydrogens is 392 g/mol. The predicted molar refractivity (Wildman–Crippen MR) is 108 cm³/mol. The summed E-state index contributed by atoms with van der Waals surface area (Å²) in [5.74, 6) is 1.48. The van der Waals surface area contributed by atoms with Crippen LogP contribution in [-0.4, -0.2) is 25.7 Å². The lowest BCUT2D eigenvalue weighted by molar-refractivity contribution is 0.352. The highest BCUT2D eigenvalue weighted by atomic mass is 79.9. The average molecular weight is 415 g/mol. The van der Waals surface area contributed by atoms with Gasteiger partial charge in [0.05, 0.1) is 24.7 Å². The number of halogens is 1. The van der Waals surface area contributed by atoms with Crippen LogP contribution in [0.1, 0.15) is 28.4 Å². The number of hydrogen-bond acceptors (Lipinski definition) is 3. The van der Waals surface area contributed by atoms with E-state index in [1.54, 1.807) is 14.2 Å². The minimum atomic E-state index is 0.251. The van der Waals surface area contributed by atoms with Crippen LogP contribution in [0.4, 0.5) is 0 Å². The number of nitrogens with one attached hydrogen (secondary N) is 2. The van der Waals surface area contributed by atoms with E-state index in [1.807, 2.05) is 6.07 Å². The minimum absolute atomic E-state index is 0.251. The van der Waals surface area contributed by atoms with Crippen molar-refractivity contribution in [3.05, 3.63) is 57.2 Å². The van der Waals surface area contributed by atoms with Gasteiger partial charge in [0.1, 0.15) is 0 Å². The zero-order valence-corrected chi connectivity index (χ0v) is 16.9. The lowest BCUT2D eigenvalue weighted by Gasteiger charge is -2.25. The van der Waals surface area contributed by atoms with Gasteiger partial charge in [-0.1, -0.05) is 17.7 Å². The first-order chi connectivity index (χ1) is 12.6. The fourth-order valence-corrected chi connectivity index (χ4v) is 4.56. The molecule has 1 aliphatic rings. The highest BCUT2D eigenvalue weighted by Gasteiger charge is 2.25. The number of hydrogen-bond donors (Lipinski definition) is 2. The average Bonchev–Trinajstić information content (AvgIpc) is 3.02. The zero-order chi connectivity index (χ0) is 18.3. The van der Waals surface area contributed by atoms with Crippen molar-refractivity contribution < 1.29 is 9.47 Å². The van der Waals surface area contributed by atoms with Crippen LogP contribution in [0.25, 0.3) is 10.9 Å². The molecule has 1 aliphatic heterocycles. The van der Waals surface area contributed by atoms with Gasteiger partial charge in [0, 0.05) is 16.6 Å². The molecule has 1 atom stereocenters. The largest absolute Gasteiger partial charge is 0.493 e. The Labute approximate surface area is 162 Å².